The Labute approximate surface area is 241 Å². The number of amides is 1. The Morgan fingerprint density at radius 1 is 0.974 bits per heavy atom. The summed E-state index contributed by atoms with van der Waals surface area (Å²) in [6.07, 6.45) is 1.68. The molecule has 1 amide bonds. The quantitative estimate of drug-likeness (QED) is 0.301. The lowest BCUT2D eigenvalue weighted by atomic mass is 9.72. The first-order valence-corrected chi connectivity index (χ1v) is 15.6. The van der Waals surface area contributed by atoms with Crippen LogP contribution >= 0.6 is 23.2 Å². The van der Waals surface area contributed by atoms with Crippen molar-refractivity contribution in [2.24, 2.45) is 17.3 Å². The molecule has 0 saturated carbocycles. The van der Waals surface area contributed by atoms with Gasteiger partial charge < -0.3 is 4.90 Å². The van der Waals surface area contributed by atoms with Gasteiger partial charge in [0.1, 0.15) is 5.78 Å². The number of piperidine rings is 1. The van der Waals surface area contributed by atoms with Crippen molar-refractivity contribution in [3.8, 4) is 0 Å². The summed E-state index contributed by atoms with van der Waals surface area (Å²) in [5.74, 6) is 0.616. The smallest absolute Gasteiger partial charge is 0.229 e. The number of ketones is 1. The molecule has 0 radical (unpaired) electrons. The Bertz CT molecular complexity index is 1070. The van der Waals surface area contributed by atoms with Crippen molar-refractivity contribution in [3.05, 3.63) is 70.2 Å². The molecule has 0 spiro atoms. The average Bonchev–Trinajstić information content (AvgIpc) is 2.85. The molecule has 0 aromatic heterocycles. The molecule has 0 aliphatic carbocycles. The van der Waals surface area contributed by atoms with Crippen LogP contribution in [0.1, 0.15) is 79.3 Å². The Morgan fingerprint density at radius 3 is 1.97 bits per heavy atom. The molecule has 1 heterocycles. The number of benzene rings is 2. The zero-order valence-electron chi connectivity index (χ0n) is 23.7. The molecule has 4 nitrogen and oxygen atoms in total. The van der Waals surface area contributed by atoms with Crippen LogP contribution in [0.3, 0.4) is 0 Å². The van der Waals surface area contributed by atoms with E-state index < -0.39 is 16.2 Å². The van der Waals surface area contributed by atoms with E-state index >= 15 is 0 Å². The standard InChI is InChI=1S/C25H38ClNO3S.C6H5Cl/c1-16(2)22(15-31(30)18(5)6)27-21(19-8-10-20(26)11-9-19)12-13-25(7,24(27)29)14-23(28)17(3)4;7-6-4-2-1-3-5-6/h8-11,16-18,21-22H,12-15H2,1-7H3;1-5H. The fraction of sp³-hybridized carbons (Fsp3) is 0.548. The minimum absolute atomic E-state index is 0.00663. The van der Waals surface area contributed by atoms with Crippen molar-refractivity contribution in [2.45, 2.75) is 85.1 Å². The van der Waals surface area contributed by atoms with Crippen molar-refractivity contribution in [1.29, 1.82) is 0 Å². The van der Waals surface area contributed by atoms with Gasteiger partial charge >= 0.3 is 0 Å². The van der Waals surface area contributed by atoms with Crippen LogP contribution in [0.15, 0.2) is 54.6 Å². The Morgan fingerprint density at radius 2 is 1.53 bits per heavy atom. The van der Waals surface area contributed by atoms with E-state index in [1.807, 2.05) is 94.1 Å². The van der Waals surface area contributed by atoms with Crippen LogP contribution in [0, 0.1) is 17.3 Å². The second-order valence-corrected chi connectivity index (χ2v) is 14.3. The summed E-state index contributed by atoms with van der Waals surface area (Å²) >= 11 is 11.6. The predicted octanol–water partition coefficient (Wildman–Crippen LogP) is 8.15. The van der Waals surface area contributed by atoms with Crippen LogP contribution in [0.4, 0.5) is 0 Å². The van der Waals surface area contributed by atoms with Crippen molar-refractivity contribution >= 4 is 45.7 Å². The van der Waals surface area contributed by atoms with Crippen molar-refractivity contribution in [3.63, 3.8) is 0 Å². The maximum atomic E-state index is 14.0. The maximum Gasteiger partial charge on any atom is 0.229 e. The molecule has 1 fully saturated rings. The molecule has 210 valence electrons. The van der Waals surface area contributed by atoms with Crippen molar-refractivity contribution in [1.82, 2.24) is 4.90 Å². The number of nitrogens with zero attached hydrogens (tertiary/aromatic N) is 1. The normalized spacial score (nSPS) is 21.3. The van der Waals surface area contributed by atoms with Crippen LogP contribution in [0.2, 0.25) is 10.0 Å². The summed E-state index contributed by atoms with van der Waals surface area (Å²) in [4.78, 5) is 28.6. The lowest BCUT2D eigenvalue weighted by Gasteiger charge is -2.49. The zero-order chi connectivity index (χ0) is 28.6. The molecular formula is C31H43Cl2NO3S. The van der Waals surface area contributed by atoms with E-state index in [1.165, 1.54) is 0 Å². The van der Waals surface area contributed by atoms with Gasteiger partial charge in [0.2, 0.25) is 5.91 Å². The number of rotatable bonds is 9. The maximum absolute atomic E-state index is 14.0. The van der Waals surface area contributed by atoms with Gasteiger partial charge in [-0.2, -0.15) is 0 Å². The number of carbonyl (C=O) groups excluding carboxylic acids is 2. The molecule has 3 rings (SSSR count). The van der Waals surface area contributed by atoms with Gasteiger partial charge in [-0.25, -0.2) is 0 Å². The van der Waals surface area contributed by atoms with Gasteiger partial charge in [0.15, 0.2) is 0 Å². The summed E-state index contributed by atoms with van der Waals surface area (Å²) in [6.45, 7) is 13.8. The van der Waals surface area contributed by atoms with Gasteiger partial charge in [-0.3, -0.25) is 13.8 Å². The molecule has 4 atom stereocenters. The highest BCUT2D eigenvalue weighted by Crippen LogP contribution is 2.45. The molecular weight excluding hydrogens is 537 g/mol. The zero-order valence-corrected chi connectivity index (χ0v) is 26.1. The second kappa shape index (κ2) is 14.6. The summed E-state index contributed by atoms with van der Waals surface area (Å²) in [5, 5.41) is 1.48. The van der Waals surface area contributed by atoms with E-state index in [9.17, 15) is 13.8 Å². The van der Waals surface area contributed by atoms with Gasteiger partial charge in [0.05, 0.1) is 11.5 Å². The molecule has 2 aromatic carbocycles. The lowest BCUT2D eigenvalue weighted by Crippen LogP contribution is -2.56. The number of Topliss-reactive ketones (excluding diaryl/α,β-unsaturated/α-hetero) is 1. The first kappa shape index (κ1) is 32.5. The molecule has 4 unspecified atom stereocenters. The molecule has 7 heteroatoms. The average molecular weight is 581 g/mol. The highest BCUT2D eigenvalue weighted by atomic mass is 35.5. The Hall–Kier alpha value is -1.69. The highest BCUT2D eigenvalue weighted by Gasteiger charge is 2.48. The molecule has 0 N–H and O–H groups in total. The Kier molecular flexibility index (Phi) is 12.5. The predicted molar refractivity (Wildman–Crippen MR) is 161 cm³/mol. The minimum Gasteiger partial charge on any atom is -0.331 e. The third kappa shape index (κ3) is 8.93. The number of likely N-dealkylation sites (tertiary alicyclic amines) is 1. The van der Waals surface area contributed by atoms with Gasteiger partial charge in [0.25, 0.3) is 0 Å². The van der Waals surface area contributed by atoms with Gasteiger partial charge in [-0.1, -0.05) is 102 Å². The first-order chi connectivity index (χ1) is 17.8. The molecule has 2 aromatic rings. The van der Waals surface area contributed by atoms with E-state index in [0.717, 1.165) is 17.0 Å². The summed E-state index contributed by atoms with van der Waals surface area (Å²) in [7, 11) is -1.04. The van der Waals surface area contributed by atoms with Crippen LogP contribution in [0.25, 0.3) is 0 Å². The summed E-state index contributed by atoms with van der Waals surface area (Å²) in [5.41, 5.74) is 0.312. The number of halogens is 2. The summed E-state index contributed by atoms with van der Waals surface area (Å²) in [6, 6.07) is 16.8. The van der Waals surface area contributed by atoms with Crippen LogP contribution in [-0.4, -0.2) is 37.8 Å². The third-order valence-corrected chi connectivity index (χ3v) is 9.47. The lowest BCUT2D eigenvalue weighted by molar-refractivity contribution is -0.156. The third-order valence-electron chi connectivity index (χ3n) is 7.24. The highest BCUT2D eigenvalue weighted by molar-refractivity contribution is 7.85. The largest absolute Gasteiger partial charge is 0.331 e. The van der Waals surface area contributed by atoms with Gasteiger partial charge in [0, 0.05) is 50.2 Å². The van der Waals surface area contributed by atoms with E-state index in [-0.39, 0.29) is 47.3 Å². The van der Waals surface area contributed by atoms with Crippen LogP contribution in [0.5, 0.6) is 0 Å². The van der Waals surface area contributed by atoms with Crippen molar-refractivity contribution in [2.75, 3.05) is 5.75 Å². The number of hydrogen-bond acceptors (Lipinski definition) is 3. The first-order valence-electron chi connectivity index (χ1n) is 13.5. The fourth-order valence-electron chi connectivity index (χ4n) is 4.67. The van der Waals surface area contributed by atoms with Gasteiger partial charge in [-0.15, -0.1) is 0 Å². The SMILES string of the molecule is CC(C)C(=O)CC1(C)CCC(c2ccc(Cl)cc2)N(C(CS(=O)C(C)C)C(C)C)C1=O.Clc1ccccc1. The summed E-state index contributed by atoms with van der Waals surface area (Å²) < 4.78 is 12.8. The second-order valence-electron chi connectivity index (χ2n) is 11.4. The van der Waals surface area contributed by atoms with Crippen molar-refractivity contribution < 1.29 is 13.8 Å². The molecule has 1 saturated heterocycles. The molecule has 1 aliphatic rings. The van der Waals surface area contributed by atoms with Crippen LogP contribution < -0.4 is 0 Å². The van der Waals surface area contributed by atoms with Crippen LogP contribution in [-0.2, 0) is 20.4 Å². The van der Waals surface area contributed by atoms with E-state index in [0.29, 0.717) is 17.2 Å². The molecule has 0 bridgehead atoms. The number of hydrogen-bond donors (Lipinski definition) is 0. The fourth-order valence-corrected chi connectivity index (χ4v) is 6.21. The van der Waals surface area contributed by atoms with E-state index in [4.69, 9.17) is 23.2 Å². The monoisotopic (exact) mass is 579 g/mol. The molecule has 1 aliphatic heterocycles. The number of carbonyl (C=O) groups is 2. The van der Waals surface area contributed by atoms with Gasteiger partial charge in [-0.05, 0) is 48.6 Å². The van der Waals surface area contributed by atoms with E-state index in [2.05, 4.69) is 13.8 Å². The topological polar surface area (TPSA) is 54.5 Å². The van der Waals surface area contributed by atoms with E-state index in [1.54, 1.807) is 0 Å². The Balaban J connectivity index is 0.000000624. The molecule has 38 heavy (non-hydrogen) atoms. The minimum atomic E-state index is -1.04.